The molecular weight excluding hydrogens is 377 g/mol. The number of carbonyl (C=O) groups is 1. The van der Waals surface area contributed by atoms with Gasteiger partial charge in [-0.05, 0) is 30.6 Å². The lowest BCUT2D eigenvalue weighted by Crippen LogP contribution is -3.00. The Hall–Kier alpha value is -0.650. The van der Waals surface area contributed by atoms with E-state index in [1.54, 1.807) is 0 Å². The van der Waals surface area contributed by atoms with Crippen LogP contribution in [0.4, 0.5) is 0 Å². The van der Waals surface area contributed by atoms with Crippen LogP contribution in [0, 0.1) is 17.8 Å². The van der Waals surface area contributed by atoms with Crippen LogP contribution in [0.2, 0.25) is 0 Å². The number of carbonyl (C=O) groups excluding carboxylic acids is 1. The minimum absolute atomic E-state index is 0. The van der Waals surface area contributed by atoms with E-state index in [1.165, 1.54) is 12.8 Å². The van der Waals surface area contributed by atoms with Crippen molar-refractivity contribution in [2.45, 2.75) is 46.1 Å². The van der Waals surface area contributed by atoms with Gasteiger partial charge in [-0.25, -0.2) is 9.36 Å². The molecule has 0 aromatic carbocycles. The molecule has 1 fully saturated rings. The first-order valence-electron chi connectivity index (χ1n) is 7.63. The normalized spacial score (nSPS) is 25.3. The van der Waals surface area contributed by atoms with Gasteiger partial charge >= 0.3 is 5.97 Å². The Labute approximate surface area is 145 Å². The summed E-state index contributed by atoms with van der Waals surface area (Å²) in [7, 11) is 1.94. The fourth-order valence-electron chi connectivity index (χ4n) is 3.09. The number of rotatable bonds is 3. The highest BCUT2D eigenvalue weighted by molar-refractivity contribution is 5.89. The molecule has 1 saturated carbocycles. The van der Waals surface area contributed by atoms with Gasteiger partial charge in [0.25, 0.3) is 0 Å². The number of hydrogen-bond acceptors (Lipinski definition) is 2. The number of ether oxygens (including phenoxy) is 1. The van der Waals surface area contributed by atoms with E-state index in [2.05, 4.69) is 20.8 Å². The lowest BCUT2D eigenvalue weighted by molar-refractivity contribution is -0.671. The number of hydrogen-bond donors (Lipinski definition) is 0. The molecule has 1 aromatic heterocycles. The Balaban J connectivity index is 0.00000220. The molecule has 0 amide bonds. The molecule has 1 aliphatic carbocycles. The first kappa shape index (κ1) is 18.4. The maximum Gasteiger partial charge on any atom is 0.338 e. The van der Waals surface area contributed by atoms with Gasteiger partial charge in [0.1, 0.15) is 13.2 Å². The van der Waals surface area contributed by atoms with Crippen LogP contribution in [0.5, 0.6) is 0 Å². The van der Waals surface area contributed by atoms with Crippen LogP contribution in [0.3, 0.4) is 0 Å². The molecule has 3 atom stereocenters. The third-order valence-corrected chi connectivity index (χ3v) is 4.43. The average molecular weight is 403 g/mol. The molecule has 0 saturated heterocycles. The van der Waals surface area contributed by atoms with Crippen LogP contribution < -0.4 is 28.5 Å². The second-order valence-corrected chi connectivity index (χ2v) is 6.52. The summed E-state index contributed by atoms with van der Waals surface area (Å²) in [6.07, 6.45) is 7.23. The minimum atomic E-state index is -0.185. The van der Waals surface area contributed by atoms with E-state index in [0.717, 1.165) is 6.42 Å². The van der Waals surface area contributed by atoms with E-state index in [1.807, 2.05) is 36.1 Å². The Morgan fingerprint density at radius 3 is 2.48 bits per heavy atom. The molecule has 0 N–H and O–H groups in total. The van der Waals surface area contributed by atoms with Crippen molar-refractivity contribution < 1.29 is 38.1 Å². The molecule has 0 bridgehead atoms. The lowest BCUT2D eigenvalue weighted by Gasteiger charge is -2.36. The van der Waals surface area contributed by atoms with Crippen molar-refractivity contribution >= 4 is 5.97 Å². The van der Waals surface area contributed by atoms with Crippen LogP contribution >= 0.6 is 0 Å². The smallest absolute Gasteiger partial charge is 0.338 e. The van der Waals surface area contributed by atoms with Crippen LogP contribution in [-0.2, 0) is 11.8 Å². The van der Waals surface area contributed by atoms with Crippen LogP contribution in [0.1, 0.15) is 50.4 Å². The summed E-state index contributed by atoms with van der Waals surface area (Å²) >= 11 is 0. The first-order chi connectivity index (χ1) is 9.47. The monoisotopic (exact) mass is 403 g/mol. The second-order valence-electron chi connectivity index (χ2n) is 6.52. The highest BCUT2D eigenvalue weighted by atomic mass is 127. The van der Waals surface area contributed by atoms with Gasteiger partial charge in [-0.3, -0.25) is 0 Å². The third kappa shape index (κ3) is 4.94. The van der Waals surface area contributed by atoms with E-state index < -0.39 is 0 Å². The van der Waals surface area contributed by atoms with Crippen molar-refractivity contribution in [2.75, 3.05) is 0 Å². The molecule has 1 aromatic rings. The highest BCUT2D eigenvalue weighted by Crippen LogP contribution is 2.35. The molecule has 1 aliphatic rings. The molecule has 118 valence electrons. The molecule has 0 aliphatic heterocycles. The Morgan fingerprint density at radius 1 is 1.29 bits per heavy atom. The summed E-state index contributed by atoms with van der Waals surface area (Å²) in [5.74, 6) is 1.52. The lowest BCUT2D eigenvalue weighted by atomic mass is 9.75. The average Bonchev–Trinajstić information content (AvgIpc) is 2.39. The van der Waals surface area contributed by atoms with E-state index >= 15 is 0 Å². The predicted octanol–water partition coefficient (Wildman–Crippen LogP) is 0.133. The van der Waals surface area contributed by atoms with E-state index in [4.69, 9.17) is 4.74 Å². The van der Waals surface area contributed by atoms with Crippen LogP contribution in [0.15, 0.2) is 24.5 Å². The number of aryl methyl sites for hydroxylation is 1. The molecule has 3 nitrogen and oxygen atoms in total. The maximum atomic E-state index is 12.3. The topological polar surface area (TPSA) is 30.2 Å². The van der Waals surface area contributed by atoms with Crippen molar-refractivity contribution in [2.24, 2.45) is 24.8 Å². The summed E-state index contributed by atoms with van der Waals surface area (Å²) in [4.78, 5) is 12.3. The number of halogens is 1. The van der Waals surface area contributed by atoms with E-state index in [0.29, 0.717) is 23.3 Å². The second kappa shape index (κ2) is 8.11. The Kier molecular flexibility index (Phi) is 7.10. The van der Waals surface area contributed by atoms with Gasteiger partial charge in [0.05, 0.1) is 5.56 Å². The Bertz CT molecular complexity index is 458. The van der Waals surface area contributed by atoms with Gasteiger partial charge in [0.2, 0.25) is 0 Å². The first-order valence-corrected chi connectivity index (χ1v) is 7.63. The van der Waals surface area contributed by atoms with Crippen LogP contribution in [0.25, 0.3) is 0 Å². The SMILES string of the molecule is CC1CCC(C(C)C)C(OC(=O)c2cc[n+](C)cc2)C1.[I-]. The maximum absolute atomic E-state index is 12.3. The van der Waals surface area contributed by atoms with Crippen molar-refractivity contribution in [1.29, 1.82) is 0 Å². The third-order valence-electron chi connectivity index (χ3n) is 4.43. The van der Waals surface area contributed by atoms with Gasteiger partial charge in [-0.1, -0.05) is 27.2 Å². The largest absolute Gasteiger partial charge is 1.00 e. The summed E-state index contributed by atoms with van der Waals surface area (Å²) < 4.78 is 7.73. The van der Waals surface area contributed by atoms with E-state index in [9.17, 15) is 4.79 Å². The molecule has 3 unspecified atom stereocenters. The molecule has 0 spiro atoms. The summed E-state index contributed by atoms with van der Waals surface area (Å²) in [6.45, 7) is 6.70. The summed E-state index contributed by atoms with van der Waals surface area (Å²) in [6, 6.07) is 3.64. The van der Waals surface area contributed by atoms with Gasteiger partial charge in [-0.15, -0.1) is 0 Å². The minimum Gasteiger partial charge on any atom is -1.00 e. The van der Waals surface area contributed by atoms with Crippen molar-refractivity contribution in [1.82, 2.24) is 0 Å². The van der Waals surface area contributed by atoms with Gasteiger partial charge in [0.15, 0.2) is 12.4 Å². The Morgan fingerprint density at radius 2 is 1.90 bits per heavy atom. The zero-order chi connectivity index (χ0) is 14.7. The zero-order valence-electron chi connectivity index (χ0n) is 13.4. The van der Waals surface area contributed by atoms with Crippen molar-refractivity contribution in [3.63, 3.8) is 0 Å². The van der Waals surface area contributed by atoms with Gasteiger partial charge in [-0.2, -0.15) is 0 Å². The molecule has 0 radical (unpaired) electrons. The zero-order valence-corrected chi connectivity index (χ0v) is 15.5. The predicted molar refractivity (Wildman–Crippen MR) is 78.2 cm³/mol. The fraction of sp³-hybridized carbons (Fsp3) is 0.647. The standard InChI is InChI=1S/C17H26NO2.HI/c1-12(2)15-6-5-13(3)11-16(15)20-17(19)14-7-9-18(4)10-8-14;/h7-10,12-13,15-16H,5-6,11H2,1-4H3;1H/q+1;/p-1. The number of pyridine rings is 1. The van der Waals surface area contributed by atoms with Gasteiger partial charge < -0.3 is 28.7 Å². The molecule has 1 heterocycles. The highest BCUT2D eigenvalue weighted by Gasteiger charge is 2.33. The van der Waals surface area contributed by atoms with Crippen LogP contribution in [-0.4, -0.2) is 12.1 Å². The van der Waals surface area contributed by atoms with Gasteiger partial charge in [0, 0.05) is 12.1 Å². The molecule has 21 heavy (non-hydrogen) atoms. The fourth-order valence-corrected chi connectivity index (χ4v) is 3.09. The molecule has 2 rings (SSSR count). The van der Waals surface area contributed by atoms with Crippen molar-refractivity contribution in [3.05, 3.63) is 30.1 Å². The van der Waals surface area contributed by atoms with E-state index in [-0.39, 0.29) is 36.0 Å². The quantitative estimate of drug-likeness (QED) is 0.408. The summed E-state index contributed by atoms with van der Waals surface area (Å²) in [5, 5.41) is 0. The molecular formula is C17H26INO2. The number of esters is 1. The number of aromatic nitrogens is 1. The number of nitrogens with zero attached hydrogens (tertiary/aromatic N) is 1. The van der Waals surface area contributed by atoms with Crippen molar-refractivity contribution in [3.8, 4) is 0 Å². The summed E-state index contributed by atoms with van der Waals surface area (Å²) in [5.41, 5.74) is 0.642. The molecule has 4 heteroatoms.